The number of amides is 3. The lowest BCUT2D eigenvalue weighted by Crippen LogP contribution is -2.44. The van der Waals surface area contributed by atoms with Crippen LogP contribution < -0.4 is 15.4 Å². The SMILES string of the molecule is CCCN(CC(=O)NCC(=O)Nc1ccccc1)C(=O)COc1ccccc1. The summed E-state index contributed by atoms with van der Waals surface area (Å²) in [6, 6.07) is 18.0. The van der Waals surface area contributed by atoms with Crippen molar-refractivity contribution in [1.82, 2.24) is 10.2 Å². The molecule has 0 bridgehead atoms. The van der Waals surface area contributed by atoms with Crippen LogP contribution in [0.4, 0.5) is 5.69 Å². The Bertz CT molecular complexity index is 766. The van der Waals surface area contributed by atoms with Crippen molar-refractivity contribution in [3.05, 3.63) is 60.7 Å². The number of benzene rings is 2. The molecule has 0 saturated heterocycles. The molecule has 0 fully saturated rings. The molecule has 7 nitrogen and oxygen atoms in total. The molecule has 2 aromatic rings. The molecule has 0 aliphatic rings. The lowest BCUT2D eigenvalue weighted by molar-refractivity contribution is -0.137. The molecule has 0 unspecified atom stereocenters. The van der Waals surface area contributed by atoms with Crippen LogP contribution in [0.2, 0.25) is 0 Å². The van der Waals surface area contributed by atoms with Crippen LogP contribution in [0.1, 0.15) is 13.3 Å². The van der Waals surface area contributed by atoms with Crippen LogP contribution in [0.25, 0.3) is 0 Å². The van der Waals surface area contributed by atoms with Gasteiger partial charge in [0.25, 0.3) is 5.91 Å². The van der Waals surface area contributed by atoms with Crippen LogP contribution in [0.5, 0.6) is 5.75 Å². The highest BCUT2D eigenvalue weighted by Crippen LogP contribution is 2.08. The van der Waals surface area contributed by atoms with E-state index in [1.165, 1.54) is 4.90 Å². The van der Waals surface area contributed by atoms with Gasteiger partial charge in [-0.2, -0.15) is 0 Å². The number of nitrogens with zero attached hydrogens (tertiary/aromatic N) is 1. The summed E-state index contributed by atoms with van der Waals surface area (Å²) in [6.45, 7) is 1.92. The topological polar surface area (TPSA) is 87.7 Å². The minimum absolute atomic E-state index is 0.122. The second-order valence-electron chi connectivity index (χ2n) is 6.11. The van der Waals surface area contributed by atoms with Gasteiger partial charge in [-0.1, -0.05) is 43.3 Å². The van der Waals surface area contributed by atoms with Crippen molar-refractivity contribution >= 4 is 23.4 Å². The molecule has 0 aromatic heterocycles. The van der Waals surface area contributed by atoms with Gasteiger partial charge in [0.15, 0.2) is 6.61 Å². The maximum atomic E-state index is 12.4. The van der Waals surface area contributed by atoms with Crippen LogP contribution in [0.3, 0.4) is 0 Å². The molecule has 0 saturated carbocycles. The van der Waals surface area contributed by atoms with Crippen molar-refractivity contribution in [1.29, 1.82) is 0 Å². The summed E-state index contributed by atoms with van der Waals surface area (Å²) in [5, 5.41) is 5.22. The molecule has 28 heavy (non-hydrogen) atoms. The minimum Gasteiger partial charge on any atom is -0.484 e. The molecule has 0 spiro atoms. The van der Waals surface area contributed by atoms with Crippen LogP contribution in [0.15, 0.2) is 60.7 Å². The first kappa shape index (κ1) is 21.0. The summed E-state index contributed by atoms with van der Waals surface area (Å²) in [5.41, 5.74) is 0.655. The molecule has 0 aliphatic carbocycles. The molecule has 148 valence electrons. The lowest BCUT2D eigenvalue weighted by Gasteiger charge is -2.21. The van der Waals surface area contributed by atoms with Gasteiger partial charge in [-0.25, -0.2) is 0 Å². The highest BCUT2D eigenvalue weighted by atomic mass is 16.5. The van der Waals surface area contributed by atoms with Crippen molar-refractivity contribution in [2.75, 3.05) is 31.6 Å². The molecule has 0 aliphatic heterocycles. The van der Waals surface area contributed by atoms with E-state index < -0.39 is 5.91 Å². The quantitative estimate of drug-likeness (QED) is 0.657. The molecule has 0 radical (unpaired) electrons. The summed E-state index contributed by atoms with van der Waals surface area (Å²) in [7, 11) is 0. The Morgan fingerprint density at radius 2 is 1.57 bits per heavy atom. The fourth-order valence-electron chi connectivity index (χ4n) is 2.45. The van der Waals surface area contributed by atoms with E-state index in [2.05, 4.69) is 10.6 Å². The summed E-state index contributed by atoms with van der Waals surface area (Å²) in [6.07, 6.45) is 0.707. The average Bonchev–Trinajstić information content (AvgIpc) is 2.71. The summed E-state index contributed by atoms with van der Waals surface area (Å²) >= 11 is 0. The first-order valence-electron chi connectivity index (χ1n) is 9.15. The van der Waals surface area contributed by atoms with Gasteiger partial charge in [-0.05, 0) is 30.7 Å². The number of anilines is 1. The third-order valence-corrected chi connectivity index (χ3v) is 3.79. The second kappa shape index (κ2) is 11.4. The fraction of sp³-hybridized carbons (Fsp3) is 0.286. The van der Waals surface area contributed by atoms with Crippen molar-refractivity contribution in [2.45, 2.75) is 13.3 Å². The molecule has 2 N–H and O–H groups in total. The zero-order valence-electron chi connectivity index (χ0n) is 15.9. The Morgan fingerprint density at radius 3 is 2.21 bits per heavy atom. The number of rotatable bonds is 10. The predicted molar refractivity (Wildman–Crippen MR) is 107 cm³/mol. The summed E-state index contributed by atoms with van der Waals surface area (Å²) < 4.78 is 5.45. The predicted octanol–water partition coefficient (Wildman–Crippen LogP) is 2.06. The molecular weight excluding hydrogens is 358 g/mol. The largest absolute Gasteiger partial charge is 0.484 e. The van der Waals surface area contributed by atoms with E-state index >= 15 is 0 Å². The first-order valence-corrected chi connectivity index (χ1v) is 9.15. The van der Waals surface area contributed by atoms with Crippen LogP contribution in [-0.4, -0.2) is 48.9 Å². The van der Waals surface area contributed by atoms with Crippen LogP contribution >= 0.6 is 0 Å². The van der Waals surface area contributed by atoms with Crippen molar-refractivity contribution < 1.29 is 19.1 Å². The van der Waals surface area contributed by atoms with Gasteiger partial charge in [0.2, 0.25) is 11.8 Å². The third kappa shape index (κ3) is 7.49. The molecule has 7 heteroatoms. The smallest absolute Gasteiger partial charge is 0.260 e. The highest BCUT2D eigenvalue weighted by Gasteiger charge is 2.17. The van der Waals surface area contributed by atoms with Crippen molar-refractivity contribution in [3.8, 4) is 5.75 Å². The molecule has 0 heterocycles. The number of carbonyl (C=O) groups excluding carboxylic acids is 3. The third-order valence-electron chi connectivity index (χ3n) is 3.79. The van der Waals surface area contributed by atoms with Gasteiger partial charge in [0.05, 0.1) is 13.1 Å². The molecular formula is C21H25N3O4. The zero-order valence-corrected chi connectivity index (χ0v) is 15.9. The van der Waals surface area contributed by atoms with Crippen molar-refractivity contribution in [3.63, 3.8) is 0 Å². The van der Waals surface area contributed by atoms with Gasteiger partial charge in [0.1, 0.15) is 5.75 Å². The van der Waals surface area contributed by atoms with Crippen molar-refractivity contribution in [2.24, 2.45) is 0 Å². The number of hydrogen-bond donors (Lipinski definition) is 2. The van der Waals surface area contributed by atoms with E-state index in [0.717, 1.165) is 0 Å². The Hall–Kier alpha value is -3.35. The van der Waals surface area contributed by atoms with E-state index in [9.17, 15) is 14.4 Å². The normalized spacial score (nSPS) is 10.0. The van der Waals surface area contributed by atoms with Gasteiger partial charge in [-0.15, -0.1) is 0 Å². The molecule has 2 aromatic carbocycles. The maximum absolute atomic E-state index is 12.4. The van der Waals surface area contributed by atoms with Gasteiger partial charge < -0.3 is 20.3 Å². The monoisotopic (exact) mass is 383 g/mol. The lowest BCUT2D eigenvalue weighted by atomic mass is 10.3. The molecule has 2 rings (SSSR count). The Kier molecular flexibility index (Phi) is 8.52. The number of para-hydroxylation sites is 2. The van der Waals surface area contributed by atoms with Gasteiger partial charge in [-0.3, -0.25) is 14.4 Å². The van der Waals surface area contributed by atoms with E-state index in [1.807, 2.05) is 31.2 Å². The number of nitrogens with one attached hydrogen (secondary N) is 2. The number of carbonyl (C=O) groups is 3. The van der Waals surface area contributed by atoms with E-state index in [-0.39, 0.29) is 31.5 Å². The van der Waals surface area contributed by atoms with Gasteiger partial charge in [0, 0.05) is 12.2 Å². The maximum Gasteiger partial charge on any atom is 0.260 e. The zero-order chi connectivity index (χ0) is 20.2. The average molecular weight is 383 g/mol. The van der Waals surface area contributed by atoms with E-state index in [4.69, 9.17) is 4.74 Å². The van der Waals surface area contributed by atoms with Crippen LogP contribution in [-0.2, 0) is 14.4 Å². The first-order chi connectivity index (χ1) is 13.6. The highest BCUT2D eigenvalue weighted by molar-refractivity contribution is 5.95. The summed E-state index contributed by atoms with van der Waals surface area (Å²) in [4.78, 5) is 37.8. The standard InChI is InChI=1S/C21H25N3O4/c1-2-13-24(21(27)16-28-18-11-7-4-8-12-18)15-20(26)22-14-19(25)23-17-9-5-3-6-10-17/h3-12H,2,13-16H2,1H3,(H,22,26)(H,23,25). The number of hydrogen-bond acceptors (Lipinski definition) is 4. The van der Waals surface area contributed by atoms with E-state index in [1.54, 1.807) is 36.4 Å². The summed E-state index contributed by atoms with van der Waals surface area (Å²) in [5.74, 6) is -0.422. The number of ether oxygens (including phenoxy) is 1. The molecule has 0 atom stereocenters. The minimum atomic E-state index is -0.398. The second-order valence-corrected chi connectivity index (χ2v) is 6.11. The Balaban J connectivity index is 1.77. The Labute approximate surface area is 164 Å². The molecule has 3 amide bonds. The fourth-order valence-corrected chi connectivity index (χ4v) is 2.45. The van der Waals surface area contributed by atoms with Crippen LogP contribution in [0, 0.1) is 0 Å². The van der Waals surface area contributed by atoms with Gasteiger partial charge >= 0.3 is 0 Å². The Morgan fingerprint density at radius 1 is 0.929 bits per heavy atom. The van der Waals surface area contributed by atoms with E-state index in [0.29, 0.717) is 24.4 Å².